The second kappa shape index (κ2) is 9.25. The molecule has 2 rings (SSSR count). The second-order valence-electron chi connectivity index (χ2n) is 5.11. The summed E-state index contributed by atoms with van der Waals surface area (Å²) in [6.07, 6.45) is 1.69. The highest BCUT2D eigenvalue weighted by Crippen LogP contribution is 2.17. The van der Waals surface area contributed by atoms with E-state index in [-0.39, 0.29) is 12.5 Å². The Labute approximate surface area is 142 Å². The number of amides is 1. The molecule has 24 heavy (non-hydrogen) atoms. The van der Waals surface area contributed by atoms with Gasteiger partial charge in [-0.05, 0) is 29.8 Å². The number of hydrogen-bond acceptors (Lipinski definition) is 4. The number of hydrogen-bond donors (Lipinski definition) is 2. The summed E-state index contributed by atoms with van der Waals surface area (Å²) in [6.45, 7) is 4.74. The first-order chi connectivity index (χ1) is 11.7. The molecule has 2 N–H and O–H groups in total. The quantitative estimate of drug-likeness (QED) is 0.696. The van der Waals surface area contributed by atoms with E-state index >= 15 is 0 Å². The van der Waals surface area contributed by atoms with E-state index in [1.807, 2.05) is 48.5 Å². The lowest BCUT2D eigenvalue weighted by Gasteiger charge is -2.10. The average Bonchev–Trinajstić information content (AvgIpc) is 2.63. The zero-order chi connectivity index (χ0) is 17.2. The second-order valence-corrected chi connectivity index (χ2v) is 5.11. The summed E-state index contributed by atoms with van der Waals surface area (Å²) in [5, 5.41) is 5.95. The smallest absolute Gasteiger partial charge is 0.239 e. The molecule has 2 aromatic carbocycles. The van der Waals surface area contributed by atoms with E-state index in [4.69, 9.17) is 9.47 Å². The van der Waals surface area contributed by atoms with Gasteiger partial charge in [-0.15, -0.1) is 0 Å². The molecular formula is C19H22N2O3. The molecule has 0 unspecified atom stereocenters. The Morgan fingerprint density at radius 2 is 1.96 bits per heavy atom. The molecule has 0 heterocycles. The summed E-state index contributed by atoms with van der Waals surface area (Å²) in [5.41, 5.74) is 1.85. The SMILES string of the molecule is C=CCOc1cccc(NCC(=O)NCc2ccc(OC)cc2)c1. The van der Waals surface area contributed by atoms with Crippen molar-refractivity contribution >= 4 is 11.6 Å². The van der Waals surface area contributed by atoms with Crippen LogP contribution in [0.3, 0.4) is 0 Å². The molecule has 0 saturated heterocycles. The molecule has 126 valence electrons. The summed E-state index contributed by atoms with van der Waals surface area (Å²) in [5.74, 6) is 1.45. The fourth-order valence-electron chi connectivity index (χ4n) is 2.04. The number of rotatable bonds is 9. The van der Waals surface area contributed by atoms with E-state index < -0.39 is 0 Å². The number of nitrogens with one attached hydrogen (secondary N) is 2. The molecule has 1 amide bonds. The predicted octanol–water partition coefficient (Wildman–Crippen LogP) is 2.99. The molecule has 0 saturated carbocycles. The number of carbonyl (C=O) groups is 1. The Balaban J connectivity index is 1.77. The van der Waals surface area contributed by atoms with Gasteiger partial charge in [0.1, 0.15) is 18.1 Å². The number of ether oxygens (including phenoxy) is 2. The van der Waals surface area contributed by atoms with Crippen molar-refractivity contribution in [3.63, 3.8) is 0 Å². The van der Waals surface area contributed by atoms with Gasteiger partial charge in [-0.1, -0.05) is 30.9 Å². The third-order valence-electron chi connectivity index (χ3n) is 3.30. The van der Waals surface area contributed by atoms with Crippen LogP contribution in [0.2, 0.25) is 0 Å². The summed E-state index contributed by atoms with van der Waals surface area (Å²) < 4.78 is 10.6. The van der Waals surface area contributed by atoms with Crippen LogP contribution in [-0.2, 0) is 11.3 Å². The molecule has 0 radical (unpaired) electrons. The summed E-state index contributed by atoms with van der Waals surface area (Å²) in [6, 6.07) is 15.1. The fraction of sp³-hybridized carbons (Fsp3) is 0.211. The largest absolute Gasteiger partial charge is 0.497 e. The van der Waals surface area contributed by atoms with Crippen molar-refractivity contribution in [1.82, 2.24) is 5.32 Å². The van der Waals surface area contributed by atoms with E-state index in [0.29, 0.717) is 13.2 Å². The van der Waals surface area contributed by atoms with Crippen LogP contribution >= 0.6 is 0 Å². The highest BCUT2D eigenvalue weighted by atomic mass is 16.5. The zero-order valence-corrected chi connectivity index (χ0v) is 13.7. The van der Waals surface area contributed by atoms with E-state index in [1.54, 1.807) is 13.2 Å². The van der Waals surface area contributed by atoms with Crippen LogP contribution in [0, 0.1) is 0 Å². The van der Waals surface area contributed by atoms with Crippen molar-refractivity contribution in [2.24, 2.45) is 0 Å². The normalized spacial score (nSPS) is 9.88. The van der Waals surface area contributed by atoms with Gasteiger partial charge < -0.3 is 20.1 Å². The van der Waals surface area contributed by atoms with Crippen LogP contribution in [-0.4, -0.2) is 26.2 Å². The van der Waals surface area contributed by atoms with Crippen LogP contribution in [0.15, 0.2) is 61.2 Å². The molecule has 0 spiro atoms. The highest BCUT2D eigenvalue weighted by molar-refractivity contribution is 5.80. The lowest BCUT2D eigenvalue weighted by Crippen LogP contribution is -2.29. The summed E-state index contributed by atoms with van der Waals surface area (Å²) in [7, 11) is 1.62. The molecule has 0 aliphatic carbocycles. The highest BCUT2D eigenvalue weighted by Gasteiger charge is 2.03. The lowest BCUT2D eigenvalue weighted by atomic mass is 10.2. The molecule has 5 heteroatoms. The van der Waals surface area contributed by atoms with Gasteiger partial charge in [0.05, 0.1) is 13.7 Å². The maximum absolute atomic E-state index is 11.9. The standard InChI is InChI=1S/C19H22N2O3/c1-3-11-24-18-6-4-5-16(12-18)20-14-19(22)21-13-15-7-9-17(23-2)10-8-15/h3-10,12,20H,1,11,13-14H2,2H3,(H,21,22). The Morgan fingerprint density at radius 1 is 1.17 bits per heavy atom. The van der Waals surface area contributed by atoms with Gasteiger partial charge in [0, 0.05) is 18.3 Å². The van der Waals surface area contributed by atoms with E-state index in [9.17, 15) is 4.79 Å². The van der Waals surface area contributed by atoms with Gasteiger partial charge in [-0.2, -0.15) is 0 Å². The summed E-state index contributed by atoms with van der Waals surface area (Å²) >= 11 is 0. The first-order valence-electron chi connectivity index (χ1n) is 7.68. The third-order valence-corrected chi connectivity index (χ3v) is 3.30. The summed E-state index contributed by atoms with van der Waals surface area (Å²) in [4.78, 5) is 11.9. The first-order valence-corrected chi connectivity index (χ1v) is 7.68. The van der Waals surface area contributed by atoms with E-state index in [1.165, 1.54) is 0 Å². The van der Waals surface area contributed by atoms with Crippen molar-refractivity contribution in [2.75, 3.05) is 25.6 Å². The minimum Gasteiger partial charge on any atom is -0.497 e. The van der Waals surface area contributed by atoms with E-state index in [0.717, 1.165) is 22.7 Å². The van der Waals surface area contributed by atoms with Crippen LogP contribution < -0.4 is 20.1 Å². The molecule has 5 nitrogen and oxygen atoms in total. The Morgan fingerprint density at radius 3 is 2.67 bits per heavy atom. The fourth-order valence-corrected chi connectivity index (χ4v) is 2.04. The molecule has 0 atom stereocenters. The van der Waals surface area contributed by atoms with Gasteiger partial charge in [0.15, 0.2) is 0 Å². The topological polar surface area (TPSA) is 59.6 Å². The number of benzene rings is 2. The molecular weight excluding hydrogens is 304 g/mol. The Hall–Kier alpha value is -2.95. The number of carbonyl (C=O) groups excluding carboxylic acids is 1. The van der Waals surface area contributed by atoms with Crippen LogP contribution in [0.4, 0.5) is 5.69 Å². The van der Waals surface area contributed by atoms with E-state index in [2.05, 4.69) is 17.2 Å². The van der Waals surface area contributed by atoms with Gasteiger partial charge >= 0.3 is 0 Å². The monoisotopic (exact) mass is 326 g/mol. The van der Waals surface area contributed by atoms with Gasteiger partial charge in [0.25, 0.3) is 0 Å². The maximum atomic E-state index is 11.9. The van der Waals surface area contributed by atoms with Gasteiger partial charge in [0.2, 0.25) is 5.91 Å². The molecule has 0 bridgehead atoms. The predicted molar refractivity (Wildman–Crippen MR) is 95.5 cm³/mol. The van der Waals surface area contributed by atoms with Crippen molar-refractivity contribution < 1.29 is 14.3 Å². The average molecular weight is 326 g/mol. The molecule has 0 fully saturated rings. The minimum absolute atomic E-state index is 0.0803. The van der Waals surface area contributed by atoms with Crippen LogP contribution in [0.25, 0.3) is 0 Å². The zero-order valence-electron chi connectivity index (χ0n) is 13.7. The number of methoxy groups -OCH3 is 1. The Kier molecular flexibility index (Phi) is 6.71. The van der Waals surface area contributed by atoms with Crippen molar-refractivity contribution in [2.45, 2.75) is 6.54 Å². The Bertz CT molecular complexity index is 669. The maximum Gasteiger partial charge on any atom is 0.239 e. The minimum atomic E-state index is -0.0803. The van der Waals surface area contributed by atoms with Crippen LogP contribution in [0.1, 0.15) is 5.56 Å². The van der Waals surface area contributed by atoms with Gasteiger partial charge in [-0.25, -0.2) is 0 Å². The molecule has 0 aromatic heterocycles. The van der Waals surface area contributed by atoms with Crippen LogP contribution in [0.5, 0.6) is 11.5 Å². The lowest BCUT2D eigenvalue weighted by molar-refractivity contribution is -0.119. The van der Waals surface area contributed by atoms with Crippen molar-refractivity contribution in [1.29, 1.82) is 0 Å². The molecule has 2 aromatic rings. The molecule has 0 aliphatic heterocycles. The van der Waals surface area contributed by atoms with Gasteiger partial charge in [-0.3, -0.25) is 4.79 Å². The molecule has 0 aliphatic rings. The first kappa shape index (κ1) is 17.4. The van der Waals surface area contributed by atoms with Crippen molar-refractivity contribution in [3.8, 4) is 11.5 Å². The third kappa shape index (κ3) is 5.68. The number of anilines is 1. The van der Waals surface area contributed by atoms with Crippen molar-refractivity contribution in [3.05, 3.63) is 66.7 Å².